The minimum atomic E-state index is 0.791. The van der Waals surface area contributed by atoms with Crippen molar-refractivity contribution in [3.8, 4) is 0 Å². The molecule has 0 radical (unpaired) electrons. The van der Waals surface area contributed by atoms with Crippen molar-refractivity contribution in [3.05, 3.63) is 21.4 Å². The molecule has 0 saturated heterocycles. The zero-order valence-electron chi connectivity index (χ0n) is 12.4. The van der Waals surface area contributed by atoms with Crippen molar-refractivity contribution in [1.29, 1.82) is 0 Å². The highest BCUT2D eigenvalue weighted by molar-refractivity contribution is 7.12. The summed E-state index contributed by atoms with van der Waals surface area (Å²) in [6, 6.07) is 3.17. The third-order valence-corrected chi connectivity index (χ3v) is 4.76. The molecule has 1 aliphatic rings. The molecule has 4 heteroatoms. The summed E-state index contributed by atoms with van der Waals surface area (Å²) >= 11 is 1.94. The van der Waals surface area contributed by atoms with Crippen LogP contribution in [0, 0.1) is 6.92 Å². The first kappa shape index (κ1) is 15.0. The number of rotatable bonds is 9. The summed E-state index contributed by atoms with van der Waals surface area (Å²) in [5.41, 5.74) is 1.48. The highest BCUT2D eigenvalue weighted by atomic mass is 32.1. The van der Waals surface area contributed by atoms with Gasteiger partial charge in [0.1, 0.15) is 0 Å². The molecule has 1 aromatic heterocycles. The van der Waals surface area contributed by atoms with Crippen molar-refractivity contribution in [2.75, 3.05) is 26.8 Å². The highest BCUT2D eigenvalue weighted by Gasteiger charge is 2.20. The first-order valence-electron chi connectivity index (χ1n) is 7.25. The molecule has 19 heavy (non-hydrogen) atoms. The molecule has 0 aliphatic heterocycles. The maximum atomic E-state index is 5.17. The van der Waals surface area contributed by atoms with Crippen LogP contribution in [0.1, 0.15) is 35.1 Å². The van der Waals surface area contributed by atoms with Crippen LogP contribution in [0.25, 0.3) is 0 Å². The van der Waals surface area contributed by atoms with E-state index in [1.165, 1.54) is 28.2 Å². The molecule has 0 aromatic carbocycles. The molecule has 0 atom stereocenters. The lowest BCUT2D eigenvalue weighted by atomic mass is 10.2. The number of likely N-dealkylation sites (N-methyl/N-ethyl adjacent to an activating group) is 1. The monoisotopic (exact) mass is 282 g/mol. The van der Waals surface area contributed by atoms with Gasteiger partial charge in [-0.15, -0.1) is 11.3 Å². The van der Waals surface area contributed by atoms with Gasteiger partial charge in [0.2, 0.25) is 0 Å². The van der Waals surface area contributed by atoms with Crippen molar-refractivity contribution < 1.29 is 4.74 Å². The number of thiophene rings is 1. The fourth-order valence-electron chi connectivity index (χ4n) is 2.17. The first-order valence-corrected chi connectivity index (χ1v) is 8.07. The van der Waals surface area contributed by atoms with E-state index in [2.05, 4.69) is 30.1 Å². The van der Waals surface area contributed by atoms with Crippen LogP contribution in [0.4, 0.5) is 0 Å². The van der Waals surface area contributed by atoms with Crippen molar-refractivity contribution in [2.45, 2.75) is 45.8 Å². The summed E-state index contributed by atoms with van der Waals surface area (Å²) in [5, 5.41) is 3.59. The number of aryl methyl sites for hydroxylation is 1. The van der Waals surface area contributed by atoms with Crippen LogP contribution >= 0.6 is 11.3 Å². The molecule has 1 fully saturated rings. The Morgan fingerprint density at radius 3 is 2.89 bits per heavy atom. The lowest BCUT2D eigenvalue weighted by Gasteiger charge is -2.19. The second kappa shape index (κ2) is 7.39. The van der Waals surface area contributed by atoms with E-state index in [4.69, 9.17) is 4.74 Å². The number of ether oxygens (including phenoxy) is 1. The van der Waals surface area contributed by atoms with E-state index in [0.29, 0.717) is 0 Å². The van der Waals surface area contributed by atoms with Crippen molar-refractivity contribution in [1.82, 2.24) is 10.2 Å². The van der Waals surface area contributed by atoms with Crippen LogP contribution in [0.5, 0.6) is 0 Å². The number of hydrogen-bond acceptors (Lipinski definition) is 4. The van der Waals surface area contributed by atoms with E-state index in [1.807, 2.05) is 11.3 Å². The summed E-state index contributed by atoms with van der Waals surface area (Å²) in [7, 11) is 1.77. The summed E-state index contributed by atoms with van der Waals surface area (Å²) in [5.74, 6) is 0. The molecule has 0 amide bonds. The van der Waals surface area contributed by atoms with Crippen molar-refractivity contribution in [2.24, 2.45) is 0 Å². The molecule has 1 saturated carbocycles. The lowest BCUT2D eigenvalue weighted by molar-refractivity contribution is 0.147. The van der Waals surface area contributed by atoms with Gasteiger partial charge in [-0.2, -0.15) is 0 Å². The zero-order chi connectivity index (χ0) is 13.7. The van der Waals surface area contributed by atoms with Crippen LogP contribution in [-0.4, -0.2) is 37.7 Å². The van der Waals surface area contributed by atoms with Crippen LogP contribution in [0.3, 0.4) is 0 Å². The Hall–Kier alpha value is -0.420. The Balaban J connectivity index is 1.86. The average molecular weight is 282 g/mol. The maximum Gasteiger partial charge on any atom is 0.0589 e. The molecule has 1 aliphatic carbocycles. The van der Waals surface area contributed by atoms with E-state index in [1.54, 1.807) is 7.11 Å². The van der Waals surface area contributed by atoms with Crippen LogP contribution in [0.2, 0.25) is 0 Å². The zero-order valence-corrected chi connectivity index (χ0v) is 13.2. The second-order valence-corrected chi connectivity index (χ2v) is 6.65. The highest BCUT2D eigenvalue weighted by Crippen LogP contribution is 2.25. The van der Waals surface area contributed by atoms with Gasteiger partial charge in [0.05, 0.1) is 6.61 Å². The van der Waals surface area contributed by atoms with E-state index < -0.39 is 0 Å². The van der Waals surface area contributed by atoms with Gasteiger partial charge in [0.25, 0.3) is 0 Å². The normalized spacial score (nSPS) is 15.4. The van der Waals surface area contributed by atoms with Crippen LogP contribution in [0.15, 0.2) is 6.07 Å². The van der Waals surface area contributed by atoms with Crippen molar-refractivity contribution >= 4 is 11.3 Å². The predicted octanol–water partition coefficient (Wildman–Crippen LogP) is 2.78. The van der Waals surface area contributed by atoms with E-state index in [9.17, 15) is 0 Å². The number of methoxy groups -OCH3 is 1. The van der Waals surface area contributed by atoms with Gasteiger partial charge in [0, 0.05) is 42.5 Å². The summed E-state index contributed by atoms with van der Waals surface area (Å²) < 4.78 is 5.17. The molecule has 1 aromatic rings. The smallest absolute Gasteiger partial charge is 0.0589 e. The van der Waals surface area contributed by atoms with Crippen LogP contribution < -0.4 is 5.32 Å². The van der Waals surface area contributed by atoms with E-state index in [0.717, 1.165) is 38.8 Å². The minimum absolute atomic E-state index is 0.791. The first-order chi connectivity index (χ1) is 9.22. The molecule has 1 N–H and O–H groups in total. The van der Waals surface area contributed by atoms with E-state index >= 15 is 0 Å². The third kappa shape index (κ3) is 4.88. The largest absolute Gasteiger partial charge is 0.383 e. The van der Waals surface area contributed by atoms with Gasteiger partial charge in [0.15, 0.2) is 0 Å². The fraction of sp³-hybridized carbons (Fsp3) is 0.733. The molecule has 0 unspecified atom stereocenters. The van der Waals surface area contributed by atoms with Gasteiger partial charge in [-0.1, -0.05) is 6.92 Å². The Bertz CT molecular complexity index is 387. The Morgan fingerprint density at radius 2 is 2.26 bits per heavy atom. The second-order valence-electron chi connectivity index (χ2n) is 5.31. The van der Waals surface area contributed by atoms with Gasteiger partial charge in [-0.25, -0.2) is 0 Å². The Kier molecular flexibility index (Phi) is 5.82. The molecule has 0 bridgehead atoms. The SMILES string of the molecule is CCN(CCOC)Cc1cc(CNC2CC2)sc1C. The Labute approximate surface area is 121 Å². The van der Waals surface area contributed by atoms with Gasteiger partial charge < -0.3 is 10.1 Å². The molecule has 3 nitrogen and oxygen atoms in total. The predicted molar refractivity (Wildman–Crippen MR) is 81.7 cm³/mol. The standard InChI is InChI=1S/C15H26N2OS/c1-4-17(7-8-18-3)11-13-9-15(19-12(13)2)10-16-14-5-6-14/h9,14,16H,4-8,10-11H2,1-3H3. The Morgan fingerprint density at radius 1 is 1.47 bits per heavy atom. The minimum Gasteiger partial charge on any atom is -0.383 e. The van der Waals surface area contributed by atoms with Gasteiger partial charge >= 0.3 is 0 Å². The lowest BCUT2D eigenvalue weighted by Crippen LogP contribution is -2.26. The van der Waals surface area contributed by atoms with E-state index in [-0.39, 0.29) is 0 Å². The third-order valence-electron chi connectivity index (χ3n) is 3.67. The topological polar surface area (TPSA) is 24.5 Å². The van der Waals surface area contributed by atoms with Crippen molar-refractivity contribution in [3.63, 3.8) is 0 Å². The summed E-state index contributed by atoms with van der Waals surface area (Å²) in [6.45, 7) is 9.45. The molecule has 2 rings (SSSR count). The summed E-state index contributed by atoms with van der Waals surface area (Å²) in [4.78, 5) is 5.38. The number of nitrogens with one attached hydrogen (secondary N) is 1. The molecule has 1 heterocycles. The fourth-order valence-corrected chi connectivity index (χ4v) is 3.18. The molecular formula is C15H26N2OS. The molecule has 0 spiro atoms. The summed E-state index contributed by atoms with van der Waals surface area (Å²) in [6.07, 6.45) is 2.72. The maximum absolute atomic E-state index is 5.17. The van der Waals surface area contributed by atoms with Gasteiger partial charge in [-0.3, -0.25) is 4.90 Å². The van der Waals surface area contributed by atoms with Gasteiger partial charge in [-0.05, 0) is 37.9 Å². The number of nitrogens with zero attached hydrogens (tertiary/aromatic N) is 1. The molecular weight excluding hydrogens is 256 g/mol. The number of hydrogen-bond donors (Lipinski definition) is 1. The average Bonchev–Trinajstić information content (AvgIpc) is 3.17. The molecule has 108 valence electrons. The quantitative estimate of drug-likeness (QED) is 0.754. The van der Waals surface area contributed by atoms with Crippen LogP contribution in [-0.2, 0) is 17.8 Å².